The van der Waals surface area contributed by atoms with Crippen molar-refractivity contribution in [3.63, 3.8) is 0 Å². The second kappa shape index (κ2) is 7.28. The lowest BCUT2D eigenvalue weighted by molar-refractivity contribution is 0.0976. The first-order valence-electron chi connectivity index (χ1n) is 8.07. The van der Waals surface area contributed by atoms with E-state index in [0.29, 0.717) is 0 Å². The van der Waals surface area contributed by atoms with Gasteiger partial charge in [-0.15, -0.1) is 0 Å². The van der Waals surface area contributed by atoms with E-state index in [2.05, 4.69) is 5.32 Å². The van der Waals surface area contributed by atoms with Crippen LogP contribution in [0.25, 0.3) is 0 Å². The summed E-state index contributed by atoms with van der Waals surface area (Å²) in [4.78, 5) is 24.5. The van der Waals surface area contributed by atoms with Crippen LogP contribution in [0.3, 0.4) is 0 Å². The van der Waals surface area contributed by atoms with Crippen molar-refractivity contribution in [2.24, 2.45) is 0 Å². The number of aromatic hydroxyl groups is 2. The topological polar surface area (TPSA) is 212 Å². The van der Waals surface area contributed by atoms with Crippen molar-refractivity contribution < 1.29 is 32.8 Å². The molecule has 0 fully saturated rings. The first-order valence-corrected chi connectivity index (χ1v) is 9.51. The van der Waals surface area contributed by atoms with Crippen molar-refractivity contribution in [3.8, 4) is 29.7 Å². The van der Waals surface area contributed by atoms with Gasteiger partial charge in [-0.1, -0.05) is 24.3 Å². The van der Waals surface area contributed by atoms with E-state index in [-0.39, 0.29) is 11.1 Å². The zero-order valence-electron chi connectivity index (χ0n) is 15.0. The number of nitrogens with zero attached hydrogens (tertiary/aromatic N) is 3. The van der Waals surface area contributed by atoms with Crippen LogP contribution in [0.15, 0.2) is 40.4 Å². The fourth-order valence-corrected chi connectivity index (χ4v) is 3.76. The molecule has 1 aliphatic carbocycles. The Labute approximate surface area is 174 Å². The Balaban J connectivity index is 2.51. The van der Waals surface area contributed by atoms with Crippen LogP contribution in [0.5, 0.6) is 11.5 Å². The second-order valence-corrected chi connectivity index (χ2v) is 7.40. The van der Waals surface area contributed by atoms with E-state index in [9.17, 15) is 38.0 Å². The lowest BCUT2D eigenvalue weighted by Gasteiger charge is -2.23. The van der Waals surface area contributed by atoms with E-state index in [1.165, 1.54) is 42.5 Å². The molecule has 152 valence electrons. The van der Waals surface area contributed by atoms with Crippen LogP contribution >= 0.6 is 0 Å². The predicted octanol–water partition coefficient (Wildman–Crippen LogP) is 1.36. The highest BCUT2D eigenvalue weighted by molar-refractivity contribution is 7.86. The Morgan fingerprint density at radius 1 is 0.871 bits per heavy atom. The first kappa shape index (κ1) is 21.0. The van der Waals surface area contributed by atoms with Crippen LogP contribution in [0.4, 0.5) is 5.69 Å². The van der Waals surface area contributed by atoms with Crippen molar-refractivity contribution in [1.29, 1.82) is 15.8 Å². The van der Waals surface area contributed by atoms with Crippen LogP contribution in [-0.4, -0.2) is 34.8 Å². The normalized spacial score (nSPS) is 11.9. The molecule has 0 heterocycles. The van der Waals surface area contributed by atoms with Gasteiger partial charge < -0.3 is 15.5 Å². The molecule has 11 nitrogen and oxygen atoms in total. The Morgan fingerprint density at radius 2 is 1.39 bits per heavy atom. The van der Waals surface area contributed by atoms with Gasteiger partial charge >= 0.3 is 10.1 Å². The highest BCUT2D eigenvalue weighted by Gasteiger charge is 2.40. The maximum absolute atomic E-state index is 13.1. The largest absolute Gasteiger partial charge is 0.506 e. The molecule has 3 rings (SSSR count). The van der Waals surface area contributed by atoms with Gasteiger partial charge in [0.2, 0.25) is 0 Å². The maximum atomic E-state index is 13.1. The zero-order chi connectivity index (χ0) is 23.1. The Kier molecular flexibility index (Phi) is 4.94. The highest BCUT2D eigenvalue weighted by Crippen LogP contribution is 2.48. The summed E-state index contributed by atoms with van der Waals surface area (Å²) in [5.41, 5.74) is -4.34. The number of carbonyl (C=O) groups excluding carboxylic acids is 2. The molecule has 0 spiro atoms. The maximum Gasteiger partial charge on any atom is 0.302 e. The third-order valence-electron chi connectivity index (χ3n) is 4.37. The molecule has 1 aliphatic rings. The predicted molar refractivity (Wildman–Crippen MR) is 100 cm³/mol. The number of phenols is 2. The van der Waals surface area contributed by atoms with E-state index < -0.39 is 66.2 Å². The minimum Gasteiger partial charge on any atom is -0.506 e. The average molecular weight is 436 g/mol. The number of fused-ring (bicyclic) bond motifs is 2. The molecule has 0 aliphatic heterocycles. The number of nitriles is 3. The Bertz CT molecular complexity index is 1450. The number of ketones is 2. The summed E-state index contributed by atoms with van der Waals surface area (Å²) in [5, 5.41) is 50.2. The molecule has 0 bridgehead atoms. The van der Waals surface area contributed by atoms with Crippen LogP contribution < -0.4 is 5.32 Å². The lowest BCUT2D eigenvalue weighted by Crippen LogP contribution is -2.24. The molecule has 2 aromatic carbocycles. The summed E-state index contributed by atoms with van der Waals surface area (Å²) in [6.07, 6.45) is 0. The fourth-order valence-electron chi connectivity index (χ4n) is 3.07. The van der Waals surface area contributed by atoms with E-state index >= 15 is 0 Å². The molecule has 0 atom stereocenters. The molecule has 0 aromatic heterocycles. The molecule has 0 amide bonds. The van der Waals surface area contributed by atoms with Gasteiger partial charge in [-0.25, -0.2) is 0 Å². The number of allylic oxidation sites excluding steroid dienone is 2. The molecule has 2 aromatic rings. The van der Waals surface area contributed by atoms with Gasteiger partial charge in [-0.2, -0.15) is 24.2 Å². The van der Waals surface area contributed by atoms with Gasteiger partial charge in [-0.05, 0) is 0 Å². The quantitative estimate of drug-likeness (QED) is 0.199. The van der Waals surface area contributed by atoms with E-state index in [1.54, 1.807) is 0 Å². The molecule has 0 saturated carbocycles. The monoisotopic (exact) mass is 436 g/mol. The van der Waals surface area contributed by atoms with Crippen LogP contribution in [0.1, 0.15) is 31.8 Å². The average Bonchev–Trinajstić information content (AvgIpc) is 2.72. The molecule has 0 radical (unpaired) electrons. The number of hydrogen-bond donors (Lipinski definition) is 4. The van der Waals surface area contributed by atoms with E-state index in [1.807, 2.05) is 0 Å². The van der Waals surface area contributed by atoms with Gasteiger partial charge in [0.15, 0.2) is 33.5 Å². The number of carbonyl (C=O) groups is 2. The second-order valence-electron chi connectivity index (χ2n) is 6.04. The number of benzene rings is 2. The molecule has 0 saturated heterocycles. The number of anilines is 1. The molecular weight excluding hydrogens is 428 g/mol. The molecule has 0 unspecified atom stereocenters. The number of phenolic OH excluding ortho intramolecular Hbond substituents is 2. The fraction of sp³-hybridized carbons (Fsp3) is 0. The standard InChI is InChI=1S/C19H8N4O7S/c20-5-8(6-21)11(7-22)23-14-12-13(17(26)19(18(14)27)31(28,29)30)16(25)10-4-2-1-3-9(10)15(12)24/h1-4,23,26-27H,(H,28,29,30). The van der Waals surface area contributed by atoms with Crippen LogP contribution in [0.2, 0.25) is 0 Å². The van der Waals surface area contributed by atoms with Crippen molar-refractivity contribution >= 4 is 27.4 Å². The van der Waals surface area contributed by atoms with Gasteiger partial charge in [-0.3, -0.25) is 14.1 Å². The summed E-state index contributed by atoms with van der Waals surface area (Å²) < 4.78 is 33.0. The molecule has 4 N–H and O–H groups in total. The van der Waals surface area contributed by atoms with Crippen molar-refractivity contribution in [2.75, 3.05) is 5.32 Å². The van der Waals surface area contributed by atoms with Crippen molar-refractivity contribution in [2.45, 2.75) is 4.90 Å². The van der Waals surface area contributed by atoms with E-state index in [4.69, 9.17) is 10.5 Å². The lowest BCUT2D eigenvalue weighted by atomic mass is 9.82. The van der Waals surface area contributed by atoms with Crippen molar-refractivity contribution in [1.82, 2.24) is 0 Å². The van der Waals surface area contributed by atoms with Crippen LogP contribution in [-0.2, 0) is 10.1 Å². The Morgan fingerprint density at radius 3 is 1.84 bits per heavy atom. The summed E-state index contributed by atoms with van der Waals surface area (Å²) in [5.74, 6) is -4.72. The SMILES string of the molecule is N#CC(C#N)=C(C#N)Nc1c(O)c(S(=O)(=O)O)c(O)c2c1C(=O)c1ccccc1C2=O. The number of nitrogens with one attached hydrogen (secondary N) is 1. The minimum atomic E-state index is -5.34. The molecule has 12 heteroatoms. The van der Waals surface area contributed by atoms with E-state index in [0.717, 1.165) is 0 Å². The van der Waals surface area contributed by atoms with Crippen LogP contribution in [0, 0.1) is 34.0 Å². The Hall–Kier alpha value is -4.70. The third kappa shape index (κ3) is 3.12. The zero-order valence-corrected chi connectivity index (χ0v) is 15.9. The third-order valence-corrected chi connectivity index (χ3v) is 5.27. The smallest absolute Gasteiger partial charge is 0.302 e. The summed E-state index contributed by atoms with van der Waals surface area (Å²) in [7, 11) is -5.34. The van der Waals surface area contributed by atoms with Gasteiger partial charge in [0.25, 0.3) is 0 Å². The summed E-state index contributed by atoms with van der Waals surface area (Å²) in [6, 6.07) is 9.60. The first-order chi connectivity index (χ1) is 14.6. The summed E-state index contributed by atoms with van der Waals surface area (Å²) >= 11 is 0. The molecule has 31 heavy (non-hydrogen) atoms. The summed E-state index contributed by atoms with van der Waals surface area (Å²) in [6.45, 7) is 0. The van der Waals surface area contributed by atoms with Gasteiger partial charge in [0.1, 0.15) is 23.9 Å². The highest BCUT2D eigenvalue weighted by atomic mass is 32.2. The number of hydrogen-bond acceptors (Lipinski definition) is 10. The van der Waals surface area contributed by atoms with Crippen molar-refractivity contribution in [3.05, 3.63) is 57.8 Å². The molecular formula is C19H8N4O7S. The van der Waals surface area contributed by atoms with Gasteiger partial charge in [0.05, 0.1) is 16.8 Å². The van der Waals surface area contributed by atoms with Gasteiger partial charge in [0, 0.05) is 11.1 Å². The number of rotatable bonds is 3. The minimum absolute atomic E-state index is 0.148.